The number of nitrogens with one attached hydrogen (secondary N) is 2. The van der Waals surface area contributed by atoms with E-state index < -0.39 is 6.04 Å². The van der Waals surface area contributed by atoms with Crippen LogP contribution in [0.15, 0.2) is 48.5 Å². The fourth-order valence-electron chi connectivity index (χ4n) is 2.21. The number of carbonyl (C=O) groups excluding carboxylic acids is 2. The second kappa shape index (κ2) is 8.15. The van der Waals surface area contributed by atoms with Crippen molar-refractivity contribution in [2.45, 2.75) is 26.8 Å². The van der Waals surface area contributed by atoms with Gasteiger partial charge in [0.1, 0.15) is 11.8 Å². The molecule has 126 valence electrons. The van der Waals surface area contributed by atoms with Crippen LogP contribution < -0.4 is 15.4 Å². The highest BCUT2D eigenvalue weighted by Gasteiger charge is 2.16. The standard InChI is InChI=1S/C19H22N2O3/c1-13-9-10-17(14(2)11-13)21-19(23)15(3)20-18(22)12-24-16-7-5-4-6-8-16/h4-11,15H,12H2,1-3H3,(H,20,22)(H,21,23). The van der Waals surface area contributed by atoms with Crippen molar-refractivity contribution in [3.8, 4) is 5.75 Å². The predicted octanol–water partition coefficient (Wildman–Crippen LogP) is 2.83. The molecule has 5 nitrogen and oxygen atoms in total. The molecular formula is C19H22N2O3. The average molecular weight is 326 g/mol. The van der Waals surface area contributed by atoms with Crippen LogP contribution in [-0.2, 0) is 9.59 Å². The lowest BCUT2D eigenvalue weighted by Gasteiger charge is -2.16. The average Bonchev–Trinajstić information content (AvgIpc) is 2.56. The van der Waals surface area contributed by atoms with Crippen LogP contribution in [0.1, 0.15) is 18.1 Å². The Bertz CT molecular complexity index is 714. The van der Waals surface area contributed by atoms with Gasteiger partial charge in [-0.05, 0) is 44.5 Å². The first-order valence-electron chi connectivity index (χ1n) is 7.81. The Morgan fingerprint density at radius 1 is 1.08 bits per heavy atom. The van der Waals surface area contributed by atoms with Crippen LogP contribution in [0.2, 0.25) is 0 Å². The van der Waals surface area contributed by atoms with Crippen molar-refractivity contribution < 1.29 is 14.3 Å². The number of ether oxygens (including phenoxy) is 1. The Morgan fingerprint density at radius 3 is 2.46 bits per heavy atom. The molecule has 1 unspecified atom stereocenters. The molecule has 24 heavy (non-hydrogen) atoms. The summed E-state index contributed by atoms with van der Waals surface area (Å²) in [6, 6.07) is 14.2. The number of rotatable bonds is 6. The van der Waals surface area contributed by atoms with Crippen molar-refractivity contribution in [2.75, 3.05) is 11.9 Å². The molecule has 0 heterocycles. The minimum atomic E-state index is -0.655. The molecule has 2 amide bonds. The zero-order valence-electron chi connectivity index (χ0n) is 14.1. The van der Waals surface area contributed by atoms with E-state index in [1.165, 1.54) is 0 Å². The third-order valence-corrected chi connectivity index (χ3v) is 3.52. The van der Waals surface area contributed by atoms with Crippen LogP contribution in [0.4, 0.5) is 5.69 Å². The maximum Gasteiger partial charge on any atom is 0.258 e. The third-order valence-electron chi connectivity index (χ3n) is 3.52. The van der Waals surface area contributed by atoms with Crippen LogP contribution in [0.25, 0.3) is 0 Å². The second-order valence-electron chi connectivity index (χ2n) is 5.70. The molecule has 0 saturated heterocycles. The molecule has 0 fully saturated rings. The summed E-state index contributed by atoms with van der Waals surface area (Å²) in [7, 11) is 0. The molecule has 0 aromatic heterocycles. The molecule has 0 aliphatic carbocycles. The minimum absolute atomic E-state index is 0.134. The van der Waals surface area contributed by atoms with Gasteiger partial charge in [0.05, 0.1) is 0 Å². The molecule has 2 rings (SSSR count). The molecule has 2 N–H and O–H groups in total. The van der Waals surface area contributed by atoms with Gasteiger partial charge >= 0.3 is 0 Å². The molecule has 5 heteroatoms. The minimum Gasteiger partial charge on any atom is -0.484 e. The van der Waals surface area contributed by atoms with Crippen LogP contribution in [-0.4, -0.2) is 24.5 Å². The van der Waals surface area contributed by atoms with Gasteiger partial charge in [0.15, 0.2) is 6.61 Å². The molecule has 0 spiro atoms. The Kier molecular flexibility index (Phi) is 5.95. The van der Waals surface area contributed by atoms with Crippen molar-refractivity contribution in [1.82, 2.24) is 5.32 Å². The van der Waals surface area contributed by atoms with Crippen molar-refractivity contribution in [3.05, 3.63) is 59.7 Å². The second-order valence-corrected chi connectivity index (χ2v) is 5.70. The summed E-state index contributed by atoms with van der Waals surface area (Å²) in [5.74, 6) is -0.00261. The van der Waals surface area contributed by atoms with Crippen molar-refractivity contribution >= 4 is 17.5 Å². The van der Waals surface area contributed by atoms with E-state index in [0.29, 0.717) is 5.75 Å². The number of anilines is 1. The van der Waals surface area contributed by atoms with E-state index in [2.05, 4.69) is 10.6 Å². The summed E-state index contributed by atoms with van der Waals surface area (Å²) in [6.45, 7) is 5.43. The molecule has 1 atom stereocenters. The van der Waals surface area contributed by atoms with Crippen LogP contribution in [0, 0.1) is 13.8 Å². The molecule has 0 saturated carbocycles. The van der Waals surface area contributed by atoms with Gasteiger partial charge in [-0.15, -0.1) is 0 Å². The van der Waals surface area contributed by atoms with Gasteiger partial charge in [-0.2, -0.15) is 0 Å². The largest absolute Gasteiger partial charge is 0.484 e. The van der Waals surface area contributed by atoms with Crippen molar-refractivity contribution in [1.29, 1.82) is 0 Å². The summed E-state index contributed by atoms with van der Waals surface area (Å²) in [4.78, 5) is 24.1. The number of carbonyl (C=O) groups is 2. The normalized spacial score (nSPS) is 11.5. The Labute approximate surface area is 142 Å². The van der Waals surface area contributed by atoms with E-state index in [1.54, 1.807) is 19.1 Å². The third kappa shape index (κ3) is 5.12. The summed E-state index contributed by atoms with van der Waals surface area (Å²) in [5, 5.41) is 5.45. The Hall–Kier alpha value is -2.82. The number of amides is 2. The highest BCUT2D eigenvalue weighted by molar-refractivity contribution is 5.97. The lowest BCUT2D eigenvalue weighted by molar-refractivity contribution is -0.127. The van der Waals surface area contributed by atoms with Gasteiger partial charge in [-0.3, -0.25) is 9.59 Å². The van der Waals surface area contributed by atoms with E-state index in [4.69, 9.17) is 4.74 Å². The van der Waals surface area contributed by atoms with Gasteiger partial charge in [-0.1, -0.05) is 35.9 Å². The zero-order valence-corrected chi connectivity index (χ0v) is 14.1. The first kappa shape index (κ1) is 17.5. The number of aryl methyl sites for hydroxylation is 2. The van der Waals surface area contributed by atoms with Crippen LogP contribution in [0.3, 0.4) is 0 Å². The van der Waals surface area contributed by atoms with Gasteiger partial charge in [0.25, 0.3) is 5.91 Å². The smallest absolute Gasteiger partial charge is 0.258 e. The van der Waals surface area contributed by atoms with Gasteiger partial charge in [0, 0.05) is 5.69 Å². The molecule has 2 aromatic carbocycles. The van der Waals surface area contributed by atoms with E-state index in [0.717, 1.165) is 16.8 Å². The van der Waals surface area contributed by atoms with Gasteiger partial charge in [-0.25, -0.2) is 0 Å². The van der Waals surface area contributed by atoms with Crippen LogP contribution >= 0.6 is 0 Å². The number of para-hydroxylation sites is 1. The first-order chi connectivity index (χ1) is 11.5. The Morgan fingerprint density at radius 2 is 1.79 bits per heavy atom. The van der Waals surface area contributed by atoms with E-state index in [9.17, 15) is 9.59 Å². The fraction of sp³-hybridized carbons (Fsp3) is 0.263. The van der Waals surface area contributed by atoms with Crippen molar-refractivity contribution in [3.63, 3.8) is 0 Å². The number of hydrogen-bond donors (Lipinski definition) is 2. The molecule has 0 aliphatic heterocycles. The Balaban J connectivity index is 1.83. The highest BCUT2D eigenvalue weighted by atomic mass is 16.5. The van der Waals surface area contributed by atoms with E-state index in [1.807, 2.05) is 50.2 Å². The van der Waals surface area contributed by atoms with Gasteiger partial charge in [0.2, 0.25) is 5.91 Å². The predicted molar refractivity (Wildman–Crippen MR) is 94.1 cm³/mol. The number of hydrogen-bond acceptors (Lipinski definition) is 3. The topological polar surface area (TPSA) is 67.4 Å². The first-order valence-corrected chi connectivity index (χ1v) is 7.81. The quantitative estimate of drug-likeness (QED) is 0.858. The zero-order chi connectivity index (χ0) is 17.5. The molecule has 2 aromatic rings. The maximum atomic E-state index is 12.2. The number of benzene rings is 2. The maximum absolute atomic E-state index is 12.2. The lowest BCUT2D eigenvalue weighted by atomic mass is 10.1. The summed E-state index contributed by atoms with van der Waals surface area (Å²) >= 11 is 0. The van der Waals surface area contributed by atoms with Crippen molar-refractivity contribution in [2.24, 2.45) is 0 Å². The van der Waals surface area contributed by atoms with Crippen LogP contribution in [0.5, 0.6) is 5.75 Å². The molecular weight excluding hydrogens is 304 g/mol. The highest BCUT2D eigenvalue weighted by Crippen LogP contribution is 2.16. The lowest BCUT2D eigenvalue weighted by Crippen LogP contribution is -2.43. The van der Waals surface area contributed by atoms with E-state index >= 15 is 0 Å². The van der Waals surface area contributed by atoms with Gasteiger partial charge < -0.3 is 15.4 Å². The monoisotopic (exact) mass is 326 g/mol. The SMILES string of the molecule is Cc1ccc(NC(=O)C(C)NC(=O)COc2ccccc2)c(C)c1. The summed E-state index contributed by atoms with van der Waals surface area (Å²) < 4.78 is 5.36. The molecule has 0 radical (unpaired) electrons. The summed E-state index contributed by atoms with van der Waals surface area (Å²) in [5.41, 5.74) is 2.85. The fourth-order valence-corrected chi connectivity index (χ4v) is 2.21. The summed E-state index contributed by atoms with van der Waals surface area (Å²) in [6.07, 6.45) is 0. The van der Waals surface area contributed by atoms with E-state index in [-0.39, 0.29) is 18.4 Å². The molecule has 0 aliphatic rings. The molecule has 0 bridgehead atoms.